The summed E-state index contributed by atoms with van der Waals surface area (Å²) in [4.78, 5) is 17.7. The molecule has 0 spiro atoms. The van der Waals surface area contributed by atoms with Gasteiger partial charge in [0.15, 0.2) is 5.96 Å². The highest BCUT2D eigenvalue weighted by Gasteiger charge is 2.04. The molecule has 0 bridgehead atoms. The first-order chi connectivity index (χ1) is 5.91. The molecule has 0 saturated heterocycles. The first kappa shape index (κ1) is 11.2. The molecule has 7 nitrogen and oxygen atoms in total. The Bertz CT molecular complexity index is 242. The molecule has 0 rings (SSSR count). The van der Waals surface area contributed by atoms with Crippen LogP contribution in [0.3, 0.4) is 0 Å². The lowest BCUT2D eigenvalue weighted by Crippen LogP contribution is -2.27. The second-order valence-corrected chi connectivity index (χ2v) is 2.54. The summed E-state index contributed by atoms with van der Waals surface area (Å²) in [7, 11) is 0. The highest BCUT2D eigenvalue weighted by Crippen LogP contribution is 1.95. The molecule has 0 aromatic carbocycles. The van der Waals surface area contributed by atoms with E-state index in [2.05, 4.69) is 9.98 Å². The van der Waals surface area contributed by atoms with Gasteiger partial charge in [-0.25, -0.2) is 4.99 Å². The molecule has 1 atom stereocenters. The Kier molecular flexibility index (Phi) is 4.28. The largest absolute Gasteiger partial charge is 0.370 e. The third-order valence-corrected chi connectivity index (χ3v) is 1.09. The van der Waals surface area contributed by atoms with Crippen LogP contribution in [0.2, 0.25) is 0 Å². The number of hydrogen-bond donors (Lipinski definition) is 4. The lowest BCUT2D eigenvalue weighted by Gasteiger charge is -2.02. The highest BCUT2D eigenvalue weighted by atomic mass is 16.1. The van der Waals surface area contributed by atoms with Gasteiger partial charge in [0.05, 0.1) is 6.04 Å². The number of primary amides is 1. The summed E-state index contributed by atoms with van der Waals surface area (Å²) >= 11 is 0. The average molecular weight is 186 g/mol. The zero-order chi connectivity index (χ0) is 10.4. The van der Waals surface area contributed by atoms with Crippen LogP contribution in [0.5, 0.6) is 0 Å². The Morgan fingerprint density at radius 3 is 2.23 bits per heavy atom. The first-order valence-electron chi connectivity index (χ1n) is 3.63. The van der Waals surface area contributed by atoms with E-state index in [1.54, 1.807) is 6.92 Å². The van der Waals surface area contributed by atoms with Gasteiger partial charge >= 0.3 is 0 Å². The normalized spacial score (nSPS) is 13.5. The minimum absolute atomic E-state index is 0.0613. The minimum atomic E-state index is -0.450. The second-order valence-electron chi connectivity index (χ2n) is 2.54. The molecule has 1 amide bonds. The standard InChI is InChI=1S/C6H14N6O/c1-3(2-4(7)13)11-6(10)12-5(8)9/h3H,2H2,1H3,(H2,7,13)(H6,8,9,10,11,12). The number of guanidine groups is 2. The fourth-order valence-electron chi connectivity index (χ4n) is 0.724. The third-order valence-electron chi connectivity index (χ3n) is 1.09. The summed E-state index contributed by atoms with van der Waals surface area (Å²) < 4.78 is 0. The molecular weight excluding hydrogens is 172 g/mol. The SMILES string of the molecule is CC(CC(N)=O)N=C(N)N=C(N)N. The number of nitrogens with two attached hydrogens (primary N) is 4. The van der Waals surface area contributed by atoms with Gasteiger partial charge in [0.2, 0.25) is 11.9 Å². The maximum absolute atomic E-state index is 10.4. The van der Waals surface area contributed by atoms with Crippen LogP contribution in [0.1, 0.15) is 13.3 Å². The zero-order valence-electron chi connectivity index (χ0n) is 7.40. The molecule has 0 radical (unpaired) electrons. The number of hydrogen-bond acceptors (Lipinski definition) is 2. The molecule has 0 saturated carbocycles. The van der Waals surface area contributed by atoms with Crippen molar-refractivity contribution >= 4 is 17.8 Å². The smallest absolute Gasteiger partial charge is 0.219 e. The van der Waals surface area contributed by atoms with Crippen molar-refractivity contribution in [2.24, 2.45) is 32.9 Å². The molecule has 0 fully saturated rings. The van der Waals surface area contributed by atoms with Gasteiger partial charge in [-0.05, 0) is 6.92 Å². The van der Waals surface area contributed by atoms with E-state index in [4.69, 9.17) is 22.9 Å². The maximum atomic E-state index is 10.4. The van der Waals surface area contributed by atoms with Crippen molar-refractivity contribution in [1.29, 1.82) is 0 Å². The van der Waals surface area contributed by atoms with E-state index >= 15 is 0 Å². The monoisotopic (exact) mass is 186 g/mol. The molecule has 0 heterocycles. The number of carbonyl (C=O) groups excluding carboxylic acids is 1. The van der Waals surface area contributed by atoms with Crippen molar-refractivity contribution in [3.05, 3.63) is 0 Å². The Labute approximate surface area is 75.9 Å². The van der Waals surface area contributed by atoms with Gasteiger partial charge in [-0.1, -0.05) is 0 Å². The van der Waals surface area contributed by atoms with Gasteiger partial charge in [0.1, 0.15) is 0 Å². The highest BCUT2D eigenvalue weighted by molar-refractivity contribution is 5.92. The quantitative estimate of drug-likeness (QED) is 0.293. The van der Waals surface area contributed by atoms with Gasteiger partial charge in [0.25, 0.3) is 0 Å². The van der Waals surface area contributed by atoms with Crippen LogP contribution >= 0.6 is 0 Å². The topological polar surface area (TPSA) is 146 Å². The molecule has 74 valence electrons. The average Bonchev–Trinajstić information content (AvgIpc) is 1.80. The Morgan fingerprint density at radius 1 is 1.31 bits per heavy atom. The number of aliphatic imine (C=N–C) groups is 2. The van der Waals surface area contributed by atoms with E-state index in [-0.39, 0.29) is 24.4 Å². The van der Waals surface area contributed by atoms with E-state index in [1.807, 2.05) is 0 Å². The summed E-state index contributed by atoms with van der Waals surface area (Å²) in [5.41, 5.74) is 20.3. The van der Waals surface area contributed by atoms with Gasteiger partial charge < -0.3 is 22.9 Å². The molecule has 0 aliphatic rings. The van der Waals surface area contributed by atoms with Crippen LogP contribution < -0.4 is 22.9 Å². The zero-order valence-corrected chi connectivity index (χ0v) is 7.40. The summed E-state index contributed by atoms with van der Waals surface area (Å²) in [5.74, 6) is -0.685. The van der Waals surface area contributed by atoms with Gasteiger partial charge in [-0.3, -0.25) is 4.79 Å². The molecule has 0 aliphatic carbocycles. The molecule has 13 heavy (non-hydrogen) atoms. The van der Waals surface area contributed by atoms with Crippen LogP contribution in [-0.4, -0.2) is 23.9 Å². The van der Waals surface area contributed by atoms with Crippen molar-refractivity contribution < 1.29 is 4.79 Å². The number of carbonyl (C=O) groups is 1. The molecule has 7 heteroatoms. The van der Waals surface area contributed by atoms with Gasteiger partial charge in [-0.2, -0.15) is 4.99 Å². The Hall–Kier alpha value is -1.79. The van der Waals surface area contributed by atoms with Crippen molar-refractivity contribution in [2.75, 3.05) is 0 Å². The van der Waals surface area contributed by atoms with Crippen LogP contribution in [-0.2, 0) is 4.79 Å². The fourth-order valence-corrected chi connectivity index (χ4v) is 0.724. The van der Waals surface area contributed by atoms with E-state index < -0.39 is 5.91 Å². The first-order valence-corrected chi connectivity index (χ1v) is 3.63. The number of nitrogens with zero attached hydrogens (tertiary/aromatic N) is 2. The number of amides is 1. The van der Waals surface area contributed by atoms with Crippen LogP contribution in [0.4, 0.5) is 0 Å². The molecule has 8 N–H and O–H groups in total. The predicted molar refractivity (Wildman–Crippen MR) is 50.7 cm³/mol. The molecular formula is C6H14N6O. The van der Waals surface area contributed by atoms with E-state index in [9.17, 15) is 4.79 Å². The molecule has 0 aromatic rings. The lowest BCUT2D eigenvalue weighted by molar-refractivity contribution is -0.118. The Balaban J connectivity index is 4.22. The van der Waals surface area contributed by atoms with Crippen molar-refractivity contribution in [3.8, 4) is 0 Å². The fraction of sp³-hybridized carbons (Fsp3) is 0.500. The third kappa shape index (κ3) is 6.60. The van der Waals surface area contributed by atoms with Crippen LogP contribution in [0.15, 0.2) is 9.98 Å². The summed E-state index contributed by atoms with van der Waals surface area (Å²) in [5, 5.41) is 0. The summed E-state index contributed by atoms with van der Waals surface area (Å²) in [6, 6.07) is -0.319. The van der Waals surface area contributed by atoms with Crippen molar-refractivity contribution in [1.82, 2.24) is 0 Å². The van der Waals surface area contributed by atoms with Crippen molar-refractivity contribution in [3.63, 3.8) is 0 Å². The van der Waals surface area contributed by atoms with E-state index in [0.717, 1.165) is 0 Å². The van der Waals surface area contributed by atoms with Crippen molar-refractivity contribution in [2.45, 2.75) is 19.4 Å². The minimum Gasteiger partial charge on any atom is -0.370 e. The maximum Gasteiger partial charge on any atom is 0.219 e. The lowest BCUT2D eigenvalue weighted by atomic mass is 10.2. The molecule has 1 unspecified atom stereocenters. The van der Waals surface area contributed by atoms with Gasteiger partial charge in [0, 0.05) is 6.42 Å². The molecule has 0 aromatic heterocycles. The molecule has 0 aliphatic heterocycles. The van der Waals surface area contributed by atoms with E-state index in [1.165, 1.54) is 0 Å². The van der Waals surface area contributed by atoms with E-state index in [0.29, 0.717) is 0 Å². The van der Waals surface area contributed by atoms with Crippen LogP contribution in [0.25, 0.3) is 0 Å². The summed E-state index contributed by atoms with van der Waals surface area (Å²) in [6.45, 7) is 1.68. The number of rotatable bonds is 3. The predicted octanol–water partition coefficient (Wildman–Crippen LogP) is -2.16. The summed E-state index contributed by atoms with van der Waals surface area (Å²) in [6.07, 6.45) is 0.112. The van der Waals surface area contributed by atoms with Crippen LogP contribution in [0, 0.1) is 0 Å². The Morgan fingerprint density at radius 2 is 1.85 bits per heavy atom. The second kappa shape index (κ2) is 4.96. The van der Waals surface area contributed by atoms with Gasteiger partial charge in [-0.15, -0.1) is 0 Å².